The van der Waals surface area contributed by atoms with Crippen LogP contribution in [0.4, 0.5) is 5.69 Å². The van der Waals surface area contributed by atoms with Crippen LogP contribution in [0.2, 0.25) is 0 Å². The summed E-state index contributed by atoms with van der Waals surface area (Å²) < 4.78 is 15.8. The van der Waals surface area contributed by atoms with Gasteiger partial charge in [0, 0.05) is 17.3 Å². The molecule has 3 rings (SSSR count). The smallest absolute Gasteiger partial charge is 0.344 e. The highest BCUT2D eigenvalue weighted by Crippen LogP contribution is 2.42. The van der Waals surface area contributed by atoms with Gasteiger partial charge in [0.05, 0.1) is 14.2 Å². The van der Waals surface area contributed by atoms with Crippen molar-refractivity contribution in [2.45, 2.75) is 6.23 Å². The Morgan fingerprint density at radius 3 is 2.68 bits per heavy atom. The van der Waals surface area contributed by atoms with E-state index < -0.39 is 12.2 Å². The summed E-state index contributed by atoms with van der Waals surface area (Å²) >= 11 is 0. The molecule has 2 N–H and O–H groups in total. The zero-order chi connectivity index (χ0) is 15.7. The largest absolute Gasteiger partial charge is 0.508 e. The number of methoxy groups -OCH3 is 2. The molecule has 0 unspecified atom stereocenters. The average Bonchev–Trinajstić information content (AvgIpc) is 2.82. The molecule has 0 bridgehead atoms. The molecule has 6 nitrogen and oxygen atoms in total. The number of ether oxygens (including phenoxy) is 3. The van der Waals surface area contributed by atoms with Gasteiger partial charge in [0.2, 0.25) is 6.23 Å². The van der Waals surface area contributed by atoms with Crippen molar-refractivity contribution in [3.8, 4) is 17.2 Å². The number of carbonyl (C=O) groups excluding carboxylic acids is 1. The van der Waals surface area contributed by atoms with Crippen LogP contribution in [-0.2, 0) is 4.74 Å². The average molecular weight is 301 g/mol. The molecule has 2 aromatic carbocycles. The van der Waals surface area contributed by atoms with E-state index in [2.05, 4.69) is 5.32 Å². The van der Waals surface area contributed by atoms with E-state index in [0.717, 1.165) is 0 Å². The van der Waals surface area contributed by atoms with E-state index in [1.54, 1.807) is 36.4 Å². The van der Waals surface area contributed by atoms with Gasteiger partial charge < -0.3 is 24.6 Å². The number of nitrogens with one attached hydrogen (secondary N) is 1. The topological polar surface area (TPSA) is 77.0 Å². The van der Waals surface area contributed by atoms with Crippen LogP contribution in [0.25, 0.3) is 0 Å². The molecule has 0 saturated heterocycles. The number of anilines is 1. The summed E-state index contributed by atoms with van der Waals surface area (Å²) in [5, 5.41) is 12.6. The quantitative estimate of drug-likeness (QED) is 0.846. The minimum Gasteiger partial charge on any atom is -0.508 e. The normalized spacial score (nSPS) is 15.9. The Balaban J connectivity index is 1.98. The fraction of sp³-hybridized carbons (Fsp3) is 0.188. The van der Waals surface area contributed by atoms with Crippen LogP contribution in [0, 0.1) is 0 Å². The molecule has 6 heteroatoms. The summed E-state index contributed by atoms with van der Waals surface area (Å²) in [5.41, 5.74) is 1.64. The lowest BCUT2D eigenvalue weighted by atomic mass is 10.1. The minimum absolute atomic E-state index is 0.127. The number of phenolic OH excluding ortho intramolecular Hbond substituents is 1. The van der Waals surface area contributed by atoms with Crippen LogP contribution in [0.1, 0.15) is 22.1 Å². The molecule has 1 aliphatic rings. The van der Waals surface area contributed by atoms with E-state index in [4.69, 9.17) is 14.2 Å². The van der Waals surface area contributed by atoms with Crippen molar-refractivity contribution in [2.75, 3.05) is 19.5 Å². The van der Waals surface area contributed by atoms with Gasteiger partial charge in [-0.15, -0.1) is 0 Å². The summed E-state index contributed by atoms with van der Waals surface area (Å²) in [6.07, 6.45) is -0.649. The molecule has 0 radical (unpaired) electrons. The van der Waals surface area contributed by atoms with Gasteiger partial charge >= 0.3 is 5.97 Å². The van der Waals surface area contributed by atoms with Crippen molar-refractivity contribution in [2.24, 2.45) is 0 Å². The van der Waals surface area contributed by atoms with E-state index in [0.29, 0.717) is 28.3 Å². The fourth-order valence-electron chi connectivity index (χ4n) is 2.45. The Bertz CT molecular complexity index is 728. The maximum absolute atomic E-state index is 12.1. The van der Waals surface area contributed by atoms with Crippen molar-refractivity contribution in [1.82, 2.24) is 0 Å². The highest BCUT2D eigenvalue weighted by Gasteiger charge is 2.35. The molecule has 0 fully saturated rings. The van der Waals surface area contributed by atoms with E-state index in [1.165, 1.54) is 14.2 Å². The van der Waals surface area contributed by atoms with Crippen molar-refractivity contribution < 1.29 is 24.1 Å². The molecule has 0 amide bonds. The number of cyclic esters (lactones) is 1. The molecule has 1 aliphatic heterocycles. The molecule has 0 aromatic heterocycles. The molecule has 114 valence electrons. The van der Waals surface area contributed by atoms with Crippen LogP contribution in [0.3, 0.4) is 0 Å². The first kappa shape index (κ1) is 14.1. The maximum Gasteiger partial charge on any atom is 0.344 e. The molecular weight excluding hydrogens is 286 g/mol. The Labute approximate surface area is 127 Å². The number of hydrogen-bond acceptors (Lipinski definition) is 6. The number of phenols is 1. The zero-order valence-electron chi connectivity index (χ0n) is 12.1. The molecule has 0 saturated carbocycles. The van der Waals surface area contributed by atoms with E-state index in [9.17, 15) is 9.90 Å². The molecule has 1 atom stereocenters. The third-order valence-electron chi connectivity index (χ3n) is 3.43. The first-order valence-corrected chi connectivity index (χ1v) is 6.65. The van der Waals surface area contributed by atoms with E-state index >= 15 is 0 Å². The number of aromatic hydroxyl groups is 1. The van der Waals surface area contributed by atoms with Gasteiger partial charge in [0.15, 0.2) is 11.5 Å². The summed E-state index contributed by atoms with van der Waals surface area (Å²) in [6.45, 7) is 0. The lowest BCUT2D eigenvalue weighted by Gasteiger charge is -2.15. The zero-order valence-corrected chi connectivity index (χ0v) is 12.1. The molecule has 1 heterocycles. The molecular formula is C16H15NO5. The van der Waals surface area contributed by atoms with Crippen molar-refractivity contribution in [1.29, 1.82) is 0 Å². The SMILES string of the molecule is COc1ccc2c(c1OC)C(=O)O[C@H]2Nc1cccc(O)c1. The van der Waals surface area contributed by atoms with Crippen LogP contribution in [-0.4, -0.2) is 25.3 Å². The van der Waals surface area contributed by atoms with Gasteiger partial charge in [-0.1, -0.05) is 6.07 Å². The highest BCUT2D eigenvalue weighted by atomic mass is 16.6. The molecule has 22 heavy (non-hydrogen) atoms. The maximum atomic E-state index is 12.1. The summed E-state index contributed by atoms with van der Waals surface area (Å²) in [7, 11) is 2.98. The van der Waals surface area contributed by atoms with Crippen molar-refractivity contribution in [3.63, 3.8) is 0 Å². The third-order valence-corrected chi connectivity index (χ3v) is 3.43. The fourth-order valence-corrected chi connectivity index (χ4v) is 2.45. The lowest BCUT2D eigenvalue weighted by Crippen LogP contribution is -2.10. The lowest BCUT2D eigenvalue weighted by molar-refractivity contribution is 0.0435. The van der Waals surface area contributed by atoms with Crippen LogP contribution in [0.5, 0.6) is 17.2 Å². The number of benzene rings is 2. The molecule has 0 spiro atoms. The van der Waals surface area contributed by atoms with Crippen LogP contribution in [0.15, 0.2) is 36.4 Å². The first-order valence-electron chi connectivity index (χ1n) is 6.65. The first-order chi connectivity index (χ1) is 10.6. The Morgan fingerprint density at radius 1 is 1.18 bits per heavy atom. The Hall–Kier alpha value is -2.89. The number of carbonyl (C=O) groups is 1. The predicted molar refractivity (Wildman–Crippen MR) is 79.4 cm³/mol. The Morgan fingerprint density at radius 2 is 2.00 bits per heavy atom. The van der Waals surface area contributed by atoms with E-state index in [1.807, 2.05) is 0 Å². The monoisotopic (exact) mass is 301 g/mol. The number of esters is 1. The minimum atomic E-state index is -0.649. The summed E-state index contributed by atoms with van der Waals surface area (Å²) in [4.78, 5) is 12.1. The second-order valence-electron chi connectivity index (χ2n) is 4.75. The van der Waals surface area contributed by atoms with E-state index in [-0.39, 0.29) is 5.75 Å². The van der Waals surface area contributed by atoms with Crippen LogP contribution >= 0.6 is 0 Å². The number of fused-ring (bicyclic) bond motifs is 1. The van der Waals surface area contributed by atoms with Crippen molar-refractivity contribution >= 4 is 11.7 Å². The highest BCUT2D eigenvalue weighted by molar-refractivity contribution is 5.98. The third kappa shape index (κ3) is 2.28. The Kier molecular flexibility index (Phi) is 3.50. The summed E-state index contributed by atoms with van der Waals surface area (Å²) in [6, 6.07) is 10.1. The van der Waals surface area contributed by atoms with Gasteiger partial charge in [-0.3, -0.25) is 0 Å². The van der Waals surface area contributed by atoms with Gasteiger partial charge in [-0.05, 0) is 24.3 Å². The van der Waals surface area contributed by atoms with Gasteiger partial charge in [-0.2, -0.15) is 0 Å². The number of hydrogen-bond donors (Lipinski definition) is 2. The van der Waals surface area contributed by atoms with Crippen molar-refractivity contribution in [3.05, 3.63) is 47.5 Å². The number of rotatable bonds is 4. The molecule has 2 aromatic rings. The predicted octanol–water partition coefficient (Wildman–Crippen LogP) is 2.69. The van der Waals surface area contributed by atoms with Gasteiger partial charge in [0.1, 0.15) is 11.3 Å². The second-order valence-corrected chi connectivity index (χ2v) is 4.75. The second kappa shape index (κ2) is 5.48. The standard InChI is InChI=1S/C16H15NO5/c1-20-12-7-6-11-13(14(12)21-2)16(19)22-15(11)17-9-4-3-5-10(18)8-9/h3-8,15,17-18H,1-2H3/t15-/m1/s1. The molecule has 0 aliphatic carbocycles. The van der Waals surface area contributed by atoms with Gasteiger partial charge in [-0.25, -0.2) is 4.79 Å². The van der Waals surface area contributed by atoms with Gasteiger partial charge in [0.25, 0.3) is 0 Å². The van der Waals surface area contributed by atoms with Crippen LogP contribution < -0.4 is 14.8 Å². The summed E-state index contributed by atoms with van der Waals surface area (Å²) in [5.74, 6) is 0.465.